The Labute approximate surface area is 184 Å². The van der Waals surface area contributed by atoms with E-state index in [2.05, 4.69) is 0 Å². The smallest absolute Gasteiger partial charge is 0.417 e. The Kier molecular flexibility index (Phi) is 8.87. The van der Waals surface area contributed by atoms with Crippen molar-refractivity contribution in [1.29, 1.82) is 0 Å². The Morgan fingerprint density at radius 3 is 2.09 bits per heavy atom. The quantitative estimate of drug-likeness (QED) is 0.484. The summed E-state index contributed by atoms with van der Waals surface area (Å²) in [4.78, 5) is 49.8. The van der Waals surface area contributed by atoms with E-state index in [1.807, 2.05) is 0 Å². The van der Waals surface area contributed by atoms with Crippen LogP contribution in [-0.2, 0) is 30.5 Å². The van der Waals surface area contributed by atoms with Crippen LogP contribution in [0.15, 0.2) is 60.7 Å². The second-order valence-corrected chi connectivity index (χ2v) is 6.78. The summed E-state index contributed by atoms with van der Waals surface area (Å²) in [6.07, 6.45) is -3.78. The maximum atomic E-state index is 12.9. The molecule has 2 amide bonds. The number of aliphatic carboxylic acids is 1. The van der Waals surface area contributed by atoms with E-state index in [1.165, 1.54) is 12.1 Å². The average Bonchev–Trinajstić information content (AvgIpc) is 2.80. The second kappa shape index (κ2) is 11.6. The third-order valence-electron chi connectivity index (χ3n) is 4.51. The minimum absolute atomic E-state index is 0.211. The molecule has 0 fully saturated rings. The van der Waals surface area contributed by atoms with E-state index in [0.29, 0.717) is 10.5 Å². The van der Waals surface area contributed by atoms with Crippen LogP contribution in [0.5, 0.6) is 0 Å². The number of hydrogen-bond donors (Lipinski definition) is 3. The molecule has 0 heterocycles. The molecule has 32 heavy (non-hydrogen) atoms. The molecule has 0 aliphatic carbocycles. The molecule has 2 rings (SSSR count). The molecule has 0 radical (unpaired) electrons. The molecule has 0 saturated carbocycles. The summed E-state index contributed by atoms with van der Waals surface area (Å²) in [6.45, 7) is -0.243. The van der Waals surface area contributed by atoms with Gasteiger partial charge in [-0.1, -0.05) is 60.7 Å². The summed E-state index contributed by atoms with van der Waals surface area (Å²) in [5.74, 6) is -3.72. The van der Waals surface area contributed by atoms with Gasteiger partial charge in [0.1, 0.15) is 12.7 Å². The summed E-state index contributed by atoms with van der Waals surface area (Å²) in [5.41, 5.74) is 6.48. The van der Waals surface area contributed by atoms with Crippen LogP contribution in [0.2, 0.25) is 0 Å². The number of rotatable bonds is 9. The highest BCUT2D eigenvalue weighted by molar-refractivity contribution is 6.00. The van der Waals surface area contributed by atoms with Crippen LogP contribution >= 0.6 is 0 Å². The van der Waals surface area contributed by atoms with Crippen LogP contribution in [0.25, 0.3) is 0 Å². The van der Waals surface area contributed by atoms with Gasteiger partial charge < -0.3 is 25.4 Å². The zero-order valence-electron chi connectivity index (χ0n) is 17.3. The third-order valence-corrected chi connectivity index (χ3v) is 4.51. The monoisotopic (exact) mass is 444 g/mol. The summed E-state index contributed by atoms with van der Waals surface area (Å²) >= 11 is 0. The SMILES string of the molecule is COC(=O)[C@H]([C@@H](O)c1ccccc1)N(C(=O)OCc1ccccc1)C(=O)C(N)CC(=O)O. The molecule has 10 nitrogen and oxygen atoms in total. The van der Waals surface area contributed by atoms with Crippen LogP contribution < -0.4 is 5.73 Å². The van der Waals surface area contributed by atoms with Gasteiger partial charge in [0.05, 0.1) is 19.6 Å². The number of ether oxygens (including phenoxy) is 2. The number of nitrogens with zero attached hydrogens (tertiary/aromatic N) is 1. The summed E-state index contributed by atoms with van der Waals surface area (Å²) in [7, 11) is 1.02. The number of carboxylic acid groups (broad SMARTS) is 1. The molecule has 170 valence electrons. The molecule has 0 aliphatic rings. The van der Waals surface area contributed by atoms with E-state index in [1.54, 1.807) is 48.5 Å². The fourth-order valence-electron chi connectivity index (χ4n) is 2.91. The van der Waals surface area contributed by atoms with Gasteiger partial charge in [0, 0.05) is 0 Å². The zero-order valence-corrected chi connectivity index (χ0v) is 17.3. The number of carbonyl (C=O) groups excluding carboxylic acids is 3. The Morgan fingerprint density at radius 2 is 1.56 bits per heavy atom. The minimum atomic E-state index is -1.86. The Morgan fingerprint density at radius 1 is 1.00 bits per heavy atom. The van der Waals surface area contributed by atoms with Gasteiger partial charge in [-0.3, -0.25) is 9.59 Å². The van der Waals surface area contributed by atoms with E-state index in [0.717, 1.165) is 7.11 Å². The zero-order chi connectivity index (χ0) is 23.7. The van der Waals surface area contributed by atoms with Crippen LogP contribution in [0.3, 0.4) is 0 Å². The number of aliphatic hydroxyl groups excluding tert-OH is 1. The lowest BCUT2D eigenvalue weighted by Gasteiger charge is -2.32. The predicted molar refractivity (Wildman–Crippen MR) is 111 cm³/mol. The molecule has 3 atom stereocenters. The minimum Gasteiger partial charge on any atom is -0.481 e. The first-order valence-electron chi connectivity index (χ1n) is 9.58. The highest BCUT2D eigenvalue weighted by Gasteiger charge is 2.44. The summed E-state index contributed by atoms with van der Waals surface area (Å²) < 4.78 is 9.87. The molecule has 1 unspecified atom stereocenters. The lowest BCUT2D eigenvalue weighted by Crippen LogP contribution is -2.57. The first kappa shape index (κ1) is 24.5. The van der Waals surface area contributed by atoms with Crippen LogP contribution in [0.4, 0.5) is 4.79 Å². The van der Waals surface area contributed by atoms with Crippen molar-refractivity contribution in [3.8, 4) is 0 Å². The fourth-order valence-corrected chi connectivity index (χ4v) is 2.91. The maximum Gasteiger partial charge on any atom is 0.417 e. The highest BCUT2D eigenvalue weighted by Crippen LogP contribution is 2.24. The molecule has 2 aromatic carbocycles. The van der Waals surface area contributed by atoms with E-state index < -0.39 is 48.5 Å². The van der Waals surface area contributed by atoms with Crippen LogP contribution in [-0.4, -0.2) is 58.2 Å². The van der Waals surface area contributed by atoms with Crippen LogP contribution in [0, 0.1) is 0 Å². The average molecular weight is 444 g/mol. The van der Waals surface area contributed by atoms with Crippen molar-refractivity contribution in [3.05, 3.63) is 71.8 Å². The Hall–Kier alpha value is -3.76. The van der Waals surface area contributed by atoms with Gasteiger partial charge >= 0.3 is 18.0 Å². The third kappa shape index (κ3) is 6.37. The molecule has 10 heteroatoms. The largest absolute Gasteiger partial charge is 0.481 e. The van der Waals surface area contributed by atoms with E-state index >= 15 is 0 Å². The van der Waals surface area contributed by atoms with E-state index in [9.17, 15) is 24.3 Å². The number of carboxylic acids is 1. The molecular formula is C22H24N2O8. The molecule has 0 saturated heterocycles. The molecule has 0 aliphatic heterocycles. The van der Waals surface area contributed by atoms with Gasteiger partial charge in [-0.05, 0) is 11.1 Å². The summed E-state index contributed by atoms with van der Waals surface area (Å²) in [5, 5.41) is 19.8. The van der Waals surface area contributed by atoms with E-state index in [-0.39, 0.29) is 12.2 Å². The van der Waals surface area contributed by atoms with Crippen molar-refractivity contribution in [2.75, 3.05) is 7.11 Å². The molecule has 0 bridgehead atoms. The van der Waals surface area contributed by atoms with E-state index in [4.69, 9.17) is 20.3 Å². The number of benzene rings is 2. The van der Waals surface area contributed by atoms with Gasteiger partial charge in [-0.15, -0.1) is 0 Å². The van der Waals surface area contributed by atoms with Gasteiger partial charge in [0.15, 0.2) is 6.04 Å². The maximum absolute atomic E-state index is 12.9. The number of nitrogens with two attached hydrogens (primary N) is 1. The fraction of sp³-hybridized carbons (Fsp3) is 0.273. The number of imide groups is 1. The second-order valence-electron chi connectivity index (χ2n) is 6.78. The molecule has 0 aromatic heterocycles. The predicted octanol–water partition coefficient (Wildman–Crippen LogP) is 1.23. The molecular weight excluding hydrogens is 420 g/mol. The van der Waals surface area contributed by atoms with Crippen molar-refractivity contribution < 1.29 is 38.9 Å². The number of aliphatic hydroxyl groups is 1. The Bertz CT molecular complexity index is 935. The topological polar surface area (TPSA) is 156 Å². The Balaban J connectivity index is 2.41. The first-order valence-corrected chi connectivity index (χ1v) is 9.58. The lowest BCUT2D eigenvalue weighted by molar-refractivity contribution is -0.157. The number of esters is 1. The van der Waals surface area contributed by atoms with Crippen molar-refractivity contribution in [2.24, 2.45) is 5.73 Å². The first-order chi connectivity index (χ1) is 15.3. The molecule has 2 aromatic rings. The van der Waals surface area contributed by atoms with Crippen molar-refractivity contribution >= 4 is 23.9 Å². The van der Waals surface area contributed by atoms with Crippen LogP contribution in [0.1, 0.15) is 23.7 Å². The number of methoxy groups -OCH3 is 1. The van der Waals surface area contributed by atoms with Gasteiger partial charge in [-0.25, -0.2) is 14.5 Å². The standard InChI is InChI=1S/C22H24N2O8/c1-31-21(29)18(19(27)15-10-6-3-7-11-15)24(20(28)16(23)12-17(25)26)22(30)32-13-14-8-4-2-5-9-14/h2-11,16,18-19,27H,12-13,23H2,1H3,(H,25,26)/t16?,18-,19-/m0/s1. The molecule has 0 spiro atoms. The van der Waals surface area contributed by atoms with Gasteiger partial charge in [-0.2, -0.15) is 0 Å². The van der Waals surface area contributed by atoms with Crippen molar-refractivity contribution in [1.82, 2.24) is 4.90 Å². The van der Waals surface area contributed by atoms with Gasteiger partial charge in [0.2, 0.25) is 5.91 Å². The normalized spacial score (nSPS) is 13.3. The number of hydrogen-bond acceptors (Lipinski definition) is 8. The van der Waals surface area contributed by atoms with Crippen molar-refractivity contribution in [3.63, 3.8) is 0 Å². The summed E-state index contributed by atoms with van der Waals surface area (Å²) in [6, 6.07) is 12.8. The molecule has 4 N–H and O–H groups in total. The lowest BCUT2D eigenvalue weighted by atomic mass is 10.00. The highest BCUT2D eigenvalue weighted by atomic mass is 16.6. The van der Waals surface area contributed by atoms with Crippen molar-refractivity contribution in [2.45, 2.75) is 31.2 Å². The van der Waals surface area contributed by atoms with Gasteiger partial charge in [0.25, 0.3) is 0 Å². The number of carbonyl (C=O) groups is 4. The number of amides is 2.